The minimum atomic E-state index is -3.82. The Morgan fingerprint density at radius 2 is 2.08 bits per heavy atom. The van der Waals surface area contributed by atoms with E-state index >= 15 is 0 Å². The molecule has 10 nitrogen and oxygen atoms in total. The molecule has 0 aliphatic carbocycles. The van der Waals surface area contributed by atoms with Gasteiger partial charge in [0.25, 0.3) is 10.0 Å². The van der Waals surface area contributed by atoms with Crippen molar-refractivity contribution in [1.29, 1.82) is 5.26 Å². The van der Waals surface area contributed by atoms with Gasteiger partial charge >= 0.3 is 6.03 Å². The lowest BCUT2D eigenvalue weighted by atomic mass is 10.1. The number of aromatic nitrogens is 1. The summed E-state index contributed by atoms with van der Waals surface area (Å²) in [5.41, 5.74) is 5.15. The van der Waals surface area contributed by atoms with Crippen molar-refractivity contribution >= 4 is 50.3 Å². The molecule has 3 aliphatic rings. The first-order chi connectivity index (χ1) is 17.2. The highest BCUT2D eigenvalue weighted by Crippen LogP contribution is 2.38. The van der Waals surface area contributed by atoms with E-state index in [0.717, 1.165) is 11.4 Å². The van der Waals surface area contributed by atoms with Gasteiger partial charge in [0.2, 0.25) is 0 Å². The Morgan fingerprint density at radius 3 is 2.86 bits per heavy atom. The second-order valence-corrected chi connectivity index (χ2v) is 12.8. The quantitative estimate of drug-likeness (QED) is 0.601. The van der Waals surface area contributed by atoms with Gasteiger partial charge in [-0.25, -0.2) is 18.2 Å². The summed E-state index contributed by atoms with van der Waals surface area (Å²) >= 11 is 7.74. The number of carbonyl (C=O) groups excluding carboxylic acids is 1. The van der Waals surface area contributed by atoms with E-state index in [-0.39, 0.29) is 37.1 Å². The van der Waals surface area contributed by atoms with Crippen molar-refractivity contribution in [3.05, 3.63) is 40.0 Å². The second kappa shape index (κ2) is 9.70. The molecule has 0 spiro atoms. The van der Waals surface area contributed by atoms with Gasteiger partial charge < -0.3 is 14.8 Å². The van der Waals surface area contributed by atoms with Gasteiger partial charge in [-0.2, -0.15) is 9.57 Å². The molecule has 192 valence electrons. The van der Waals surface area contributed by atoms with Crippen LogP contribution >= 0.6 is 23.4 Å². The van der Waals surface area contributed by atoms with Gasteiger partial charge in [-0.3, -0.25) is 5.43 Å². The molecule has 2 amide bonds. The number of nitrogens with zero attached hydrogens (tertiary/aromatic N) is 5. The maximum atomic E-state index is 13.5. The van der Waals surface area contributed by atoms with Crippen LogP contribution in [0.4, 0.5) is 4.79 Å². The molecule has 4 heterocycles. The number of nitriles is 1. The van der Waals surface area contributed by atoms with Crippen LogP contribution < -0.4 is 5.43 Å². The molecule has 3 aliphatic heterocycles. The molecule has 2 unspecified atom stereocenters. The number of benzene rings is 1. The largest absolute Gasteiger partial charge is 0.364 e. The lowest BCUT2D eigenvalue weighted by Crippen LogP contribution is -2.61. The van der Waals surface area contributed by atoms with E-state index in [9.17, 15) is 18.5 Å². The summed E-state index contributed by atoms with van der Waals surface area (Å²) in [5, 5.41) is 13.4. The number of aromatic amines is 1. The predicted octanol–water partition coefficient (Wildman–Crippen LogP) is 3.32. The van der Waals surface area contributed by atoms with Crippen molar-refractivity contribution in [2.75, 3.05) is 33.2 Å². The number of halogens is 1. The van der Waals surface area contributed by atoms with Crippen LogP contribution in [-0.4, -0.2) is 83.2 Å². The number of piperazine rings is 1. The fraction of sp³-hybridized carbons (Fsp3) is 0.478. The van der Waals surface area contributed by atoms with Crippen LogP contribution in [0.25, 0.3) is 10.9 Å². The number of hydrazine groups is 1. The number of fused-ring (bicyclic) bond motifs is 1. The fourth-order valence-electron chi connectivity index (χ4n) is 4.90. The SMILES string of the molecule is CC1SC2=C(CCN(C(=O)N3CCN(S(=O)(=O)c4cc5cc(Cl)ccc5[nH]4)CC3CCC#N)N2)N1C. The van der Waals surface area contributed by atoms with Crippen LogP contribution in [0.3, 0.4) is 0 Å². The highest BCUT2D eigenvalue weighted by Gasteiger charge is 2.40. The molecule has 2 atom stereocenters. The lowest BCUT2D eigenvalue weighted by Gasteiger charge is -2.43. The summed E-state index contributed by atoms with van der Waals surface area (Å²) < 4.78 is 28.4. The zero-order chi connectivity index (χ0) is 25.6. The smallest absolute Gasteiger partial charge is 0.339 e. The van der Waals surface area contributed by atoms with Crippen LogP contribution in [0.2, 0.25) is 5.02 Å². The zero-order valence-electron chi connectivity index (χ0n) is 20.1. The van der Waals surface area contributed by atoms with E-state index in [1.807, 2.05) is 0 Å². The third-order valence-corrected chi connectivity index (χ3v) is 10.3. The molecule has 0 saturated carbocycles. The number of hydrogen-bond acceptors (Lipinski definition) is 7. The number of sulfonamides is 1. The Bertz CT molecular complexity index is 1370. The van der Waals surface area contributed by atoms with Gasteiger partial charge in [-0.05, 0) is 37.6 Å². The third kappa shape index (κ3) is 4.49. The molecule has 1 aromatic carbocycles. The number of urea groups is 1. The number of H-pyrrole nitrogens is 1. The summed E-state index contributed by atoms with van der Waals surface area (Å²) in [5.74, 6) is 0. The predicted molar refractivity (Wildman–Crippen MR) is 139 cm³/mol. The van der Waals surface area contributed by atoms with Gasteiger partial charge in [0.05, 0.1) is 11.4 Å². The molecule has 1 fully saturated rings. The van der Waals surface area contributed by atoms with Crippen molar-refractivity contribution in [3.63, 3.8) is 0 Å². The summed E-state index contributed by atoms with van der Waals surface area (Å²) in [6.45, 7) is 3.19. The maximum absolute atomic E-state index is 13.5. The maximum Gasteiger partial charge on any atom is 0.339 e. The lowest BCUT2D eigenvalue weighted by molar-refractivity contribution is 0.0857. The van der Waals surface area contributed by atoms with Crippen molar-refractivity contribution in [2.45, 2.75) is 42.6 Å². The van der Waals surface area contributed by atoms with Crippen molar-refractivity contribution in [1.82, 2.24) is 29.5 Å². The molecule has 1 aromatic heterocycles. The summed E-state index contributed by atoms with van der Waals surface area (Å²) in [6, 6.07) is 8.28. The standard InChI is InChI=1S/C23H28ClN7O3S2/c1-15-28(2)20-7-9-31(27-22(20)35-15)23(32)30-11-10-29(14-18(30)4-3-8-25)36(33,34)21-13-16-12-17(24)5-6-19(16)26-21/h5-6,12-13,15,18,26-27H,3-4,7,9-11,14H2,1-2H3. The van der Waals surface area contributed by atoms with Gasteiger partial charge in [-0.1, -0.05) is 23.4 Å². The molecule has 5 rings (SSSR count). The number of rotatable bonds is 4. The van der Waals surface area contributed by atoms with Crippen molar-refractivity contribution < 1.29 is 13.2 Å². The molecule has 0 radical (unpaired) electrons. The zero-order valence-corrected chi connectivity index (χ0v) is 22.5. The van der Waals surface area contributed by atoms with E-state index in [1.165, 1.54) is 10.0 Å². The molecule has 2 N–H and O–H groups in total. The number of hydrogen-bond donors (Lipinski definition) is 2. The minimum absolute atomic E-state index is 0.0900. The topological polar surface area (TPSA) is 116 Å². The summed E-state index contributed by atoms with van der Waals surface area (Å²) in [6.07, 6.45) is 1.38. The first kappa shape index (κ1) is 25.1. The fourth-order valence-corrected chi connectivity index (χ4v) is 7.74. The average molecular weight is 550 g/mol. The molecular formula is C23H28ClN7O3S2. The third-order valence-electron chi connectivity index (χ3n) is 7.02. The Balaban J connectivity index is 1.33. The van der Waals surface area contributed by atoms with Gasteiger partial charge in [0.15, 0.2) is 0 Å². The van der Waals surface area contributed by atoms with E-state index in [0.29, 0.717) is 34.3 Å². The molecule has 13 heteroatoms. The Morgan fingerprint density at radius 1 is 1.28 bits per heavy atom. The summed E-state index contributed by atoms with van der Waals surface area (Å²) in [7, 11) is -1.77. The number of amides is 2. The first-order valence-corrected chi connectivity index (χ1v) is 14.5. The number of carbonyl (C=O) groups is 1. The van der Waals surface area contributed by atoms with Crippen LogP contribution in [0.1, 0.15) is 26.2 Å². The molecular weight excluding hydrogens is 522 g/mol. The van der Waals surface area contributed by atoms with Crippen molar-refractivity contribution in [2.24, 2.45) is 0 Å². The Kier molecular flexibility index (Phi) is 6.76. The molecule has 36 heavy (non-hydrogen) atoms. The second-order valence-electron chi connectivity index (χ2n) is 9.17. The monoisotopic (exact) mass is 549 g/mol. The minimum Gasteiger partial charge on any atom is -0.364 e. The van der Waals surface area contributed by atoms with Crippen LogP contribution in [0, 0.1) is 11.3 Å². The van der Waals surface area contributed by atoms with E-state index in [1.54, 1.807) is 45.9 Å². The van der Waals surface area contributed by atoms with Gasteiger partial charge in [0, 0.05) is 73.7 Å². The van der Waals surface area contributed by atoms with Crippen LogP contribution in [-0.2, 0) is 10.0 Å². The average Bonchev–Trinajstić information content (AvgIpc) is 3.42. The van der Waals surface area contributed by atoms with Crippen LogP contribution in [0.15, 0.2) is 40.0 Å². The molecule has 2 aromatic rings. The molecule has 0 bridgehead atoms. The Labute approximate surface area is 219 Å². The van der Waals surface area contributed by atoms with E-state index < -0.39 is 16.1 Å². The van der Waals surface area contributed by atoms with E-state index in [2.05, 4.69) is 35.4 Å². The number of nitrogens with one attached hydrogen (secondary N) is 2. The van der Waals surface area contributed by atoms with Gasteiger partial charge in [0.1, 0.15) is 10.1 Å². The van der Waals surface area contributed by atoms with Crippen molar-refractivity contribution in [3.8, 4) is 6.07 Å². The summed E-state index contributed by atoms with van der Waals surface area (Å²) in [4.78, 5) is 20.4. The Hall–Kier alpha value is -2.59. The highest BCUT2D eigenvalue weighted by molar-refractivity contribution is 8.03. The molecule has 1 saturated heterocycles. The van der Waals surface area contributed by atoms with Gasteiger partial charge in [-0.15, -0.1) is 0 Å². The number of thioether (sulfide) groups is 1. The normalized spacial score (nSPS) is 23.1. The highest BCUT2D eigenvalue weighted by atomic mass is 35.5. The van der Waals surface area contributed by atoms with E-state index in [4.69, 9.17) is 11.6 Å². The van der Waals surface area contributed by atoms with Crippen LogP contribution in [0.5, 0.6) is 0 Å². The first-order valence-electron chi connectivity index (χ1n) is 11.8.